The Morgan fingerprint density at radius 3 is 1.80 bits per heavy atom. The molecule has 0 aliphatic carbocycles. The maximum atomic E-state index is 3.53. The Morgan fingerprint density at radius 1 is 1.60 bits per heavy atom. The summed E-state index contributed by atoms with van der Waals surface area (Å²) in [5.74, 6) is 0. The summed E-state index contributed by atoms with van der Waals surface area (Å²) in [7, 11) is 6.59. The van der Waals surface area contributed by atoms with Gasteiger partial charge < -0.3 is 0 Å². The van der Waals surface area contributed by atoms with Gasteiger partial charge in [-0.05, 0) is 0 Å². The van der Waals surface area contributed by atoms with Crippen LogP contribution in [0.1, 0.15) is 0 Å². The molecule has 3 heteroatoms. The third kappa shape index (κ3) is 4.06. The van der Waals surface area contributed by atoms with E-state index in [4.69, 9.17) is 0 Å². The Hall–Kier alpha value is 0.0600. The van der Waals surface area contributed by atoms with Crippen molar-refractivity contribution < 1.29 is 0 Å². The molecule has 0 bridgehead atoms. The van der Waals surface area contributed by atoms with Crippen LogP contribution in [0.15, 0.2) is 4.85 Å². The van der Waals surface area contributed by atoms with Gasteiger partial charge in [0.05, 0.1) is 0 Å². The quantitative estimate of drug-likeness (QED) is 0.343. The highest BCUT2D eigenvalue weighted by Crippen LogP contribution is 1.74. The molecule has 0 saturated carbocycles. The Kier molecular flexibility index (Phi) is 2.33. The summed E-state index contributed by atoms with van der Waals surface area (Å²) in [4.78, 5) is 3.53. The highest BCUT2D eigenvalue weighted by atomic mass is 31.0. The Balaban J connectivity index is 2.83. The summed E-state index contributed by atoms with van der Waals surface area (Å²) in [5, 5.41) is 1.66. The summed E-state index contributed by atoms with van der Waals surface area (Å²) < 4.78 is 0. The van der Waals surface area contributed by atoms with Crippen molar-refractivity contribution in [2.45, 2.75) is 0 Å². The third-order valence-corrected chi connectivity index (χ3v) is 0.600. The monoisotopic (exact) mass is 90.0 g/mol. The fourth-order valence-corrected chi connectivity index (χ4v) is 0. The third-order valence-electron chi connectivity index (χ3n) is 0.200. The van der Waals surface area contributed by atoms with Crippen molar-refractivity contribution >= 4 is 9.03 Å². The van der Waals surface area contributed by atoms with Crippen molar-refractivity contribution in [3.63, 3.8) is 0 Å². The molecule has 2 nitrogen and oxygen atoms in total. The van der Waals surface area contributed by atoms with E-state index in [2.05, 4.69) is 13.9 Å². The second kappa shape index (κ2) is 2.31. The molecule has 0 unspecified atom stereocenters. The van der Waals surface area contributed by atoms with Crippen molar-refractivity contribution in [3.05, 3.63) is 0 Å². The van der Waals surface area contributed by atoms with E-state index < -0.39 is 0 Å². The van der Waals surface area contributed by atoms with E-state index in [1.807, 2.05) is 14.1 Å². The molecule has 0 N–H and O–H groups in total. The molecule has 0 aromatic heterocycles. The molecule has 0 aromatic rings. The minimum absolute atomic E-state index is 1.66. The first-order chi connectivity index (χ1) is 2.27. The highest BCUT2D eigenvalue weighted by Gasteiger charge is 1.66. The van der Waals surface area contributed by atoms with Gasteiger partial charge in [0.1, 0.15) is 0 Å². The second-order valence-electron chi connectivity index (χ2n) is 0.947. The predicted molar refractivity (Wildman–Crippen MR) is 24.4 cm³/mol. The zero-order chi connectivity index (χ0) is 4.28. The van der Waals surface area contributed by atoms with Crippen LogP contribution in [-0.2, 0) is 0 Å². The summed E-state index contributed by atoms with van der Waals surface area (Å²) in [5.41, 5.74) is 0. The lowest BCUT2D eigenvalue weighted by molar-refractivity contribution is 0.447. The first-order valence-corrected chi connectivity index (χ1v) is 1.77. The number of hydrogen-bond acceptors (Lipinski definition) is 1. The zero-order valence-corrected chi connectivity index (χ0v) is 4.39. The van der Waals surface area contributed by atoms with Gasteiger partial charge in [0.25, 0.3) is 0 Å². The van der Waals surface area contributed by atoms with Gasteiger partial charge in [-0.15, -0.1) is 0 Å². The van der Waals surface area contributed by atoms with Crippen LogP contribution in [0.4, 0.5) is 0 Å². The Bertz CT molecular complexity index is 34.6. The molecule has 0 spiro atoms. The molecule has 0 aliphatic rings. The molecule has 0 heterocycles. The first kappa shape index (κ1) is 5.06. The molecule has 0 fully saturated rings. The van der Waals surface area contributed by atoms with Gasteiger partial charge in [0.2, 0.25) is 0 Å². The molecule has 0 rings (SSSR count). The van der Waals surface area contributed by atoms with Gasteiger partial charge in [0, 0.05) is 23.1 Å². The molecule has 0 atom stereocenters. The number of nitrogens with zero attached hydrogens (tertiary/aromatic N) is 2. The van der Waals surface area contributed by atoms with E-state index in [0.717, 1.165) is 0 Å². The first-order valence-electron chi connectivity index (χ1n) is 1.32. The van der Waals surface area contributed by atoms with E-state index in [1.54, 1.807) is 5.01 Å². The number of hydrogen-bond donors (Lipinski definition) is 0. The fraction of sp³-hybridized carbons (Fsp3) is 1.00. The summed E-state index contributed by atoms with van der Waals surface area (Å²) in [6, 6.07) is 0. The largest absolute Gasteiger partial charge is 0.203 e. The van der Waals surface area contributed by atoms with Crippen molar-refractivity contribution in [2.75, 3.05) is 14.1 Å². The van der Waals surface area contributed by atoms with Crippen molar-refractivity contribution in [1.29, 1.82) is 0 Å². The molecule has 0 saturated heterocycles. The Labute approximate surface area is 34.1 Å². The van der Waals surface area contributed by atoms with Crippen LogP contribution in [0.5, 0.6) is 0 Å². The maximum Gasteiger partial charge on any atom is 0.00861 e. The van der Waals surface area contributed by atoms with Crippen LogP contribution >= 0.6 is 9.03 Å². The fourth-order valence-electron chi connectivity index (χ4n) is 0. The minimum Gasteiger partial charge on any atom is -0.203 e. The van der Waals surface area contributed by atoms with E-state index in [-0.39, 0.29) is 0 Å². The van der Waals surface area contributed by atoms with Crippen LogP contribution in [0, 0.1) is 0 Å². The molecule has 0 aliphatic heterocycles. The summed E-state index contributed by atoms with van der Waals surface area (Å²) in [6.45, 7) is 0. The molecule has 0 aromatic carbocycles. The standard InChI is InChI=1S/C2H7N2P/c1-4(2)3-5/h5H,1-2H3. The predicted octanol–water partition coefficient (Wildman–Crippen LogP) is 0.789. The van der Waals surface area contributed by atoms with Gasteiger partial charge in [-0.3, -0.25) is 0 Å². The summed E-state index contributed by atoms with van der Waals surface area (Å²) in [6.07, 6.45) is 0. The molecular formula is C2H7N2P. The second-order valence-corrected chi connectivity index (χ2v) is 1.15. The van der Waals surface area contributed by atoms with Crippen molar-refractivity contribution in [2.24, 2.45) is 4.85 Å². The molecule has 0 amide bonds. The number of rotatable bonds is 1. The van der Waals surface area contributed by atoms with E-state index in [9.17, 15) is 0 Å². The zero-order valence-electron chi connectivity index (χ0n) is 3.39. The average molecular weight is 90.1 g/mol. The molecular weight excluding hydrogens is 83.0 g/mol. The molecule has 5 heavy (non-hydrogen) atoms. The topological polar surface area (TPSA) is 15.6 Å². The van der Waals surface area contributed by atoms with Gasteiger partial charge in [-0.25, -0.2) is 5.01 Å². The SMILES string of the molecule is CN(C)N=P. The normalized spacial score (nSPS) is 8.60. The van der Waals surface area contributed by atoms with Crippen LogP contribution in [0.3, 0.4) is 0 Å². The smallest absolute Gasteiger partial charge is 0.00861 e. The van der Waals surface area contributed by atoms with Gasteiger partial charge in [-0.1, -0.05) is 0 Å². The summed E-state index contributed by atoms with van der Waals surface area (Å²) >= 11 is 0. The van der Waals surface area contributed by atoms with E-state index in [1.165, 1.54) is 0 Å². The Morgan fingerprint density at radius 2 is 1.80 bits per heavy atom. The van der Waals surface area contributed by atoms with Gasteiger partial charge in [0.15, 0.2) is 0 Å². The van der Waals surface area contributed by atoms with Crippen LogP contribution < -0.4 is 0 Å². The molecule has 30 valence electrons. The lowest BCUT2D eigenvalue weighted by atomic mass is 11.2. The van der Waals surface area contributed by atoms with Crippen molar-refractivity contribution in [1.82, 2.24) is 5.01 Å². The maximum absolute atomic E-state index is 3.53. The average Bonchev–Trinajstić information content (AvgIpc) is 1.38. The van der Waals surface area contributed by atoms with Crippen LogP contribution in [0.25, 0.3) is 0 Å². The van der Waals surface area contributed by atoms with Gasteiger partial charge in [-0.2, -0.15) is 4.85 Å². The van der Waals surface area contributed by atoms with Gasteiger partial charge >= 0.3 is 0 Å². The molecule has 0 radical (unpaired) electrons. The van der Waals surface area contributed by atoms with Crippen LogP contribution in [0.2, 0.25) is 0 Å². The van der Waals surface area contributed by atoms with Crippen LogP contribution in [-0.4, -0.2) is 19.1 Å². The lowest BCUT2D eigenvalue weighted by Crippen LogP contribution is -1.96. The van der Waals surface area contributed by atoms with Crippen molar-refractivity contribution in [3.8, 4) is 0 Å². The van der Waals surface area contributed by atoms with E-state index >= 15 is 0 Å². The van der Waals surface area contributed by atoms with E-state index in [0.29, 0.717) is 0 Å². The lowest BCUT2D eigenvalue weighted by Gasteiger charge is -1.92. The minimum atomic E-state index is 1.66. The highest BCUT2D eigenvalue weighted by molar-refractivity contribution is 7.03.